The van der Waals surface area contributed by atoms with Crippen LogP contribution in [-0.2, 0) is 9.47 Å². The normalized spacial score (nSPS) is 28.3. The van der Waals surface area contributed by atoms with Gasteiger partial charge in [-0.15, -0.1) is 0 Å². The first-order valence-electron chi connectivity index (χ1n) is 6.29. The molecule has 3 nitrogen and oxygen atoms in total. The molecule has 0 radical (unpaired) electrons. The quantitative estimate of drug-likeness (QED) is 0.783. The van der Waals surface area contributed by atoms with E-state index in [1.165, 1.54) is 6.42 Å². The van der Waals surface area contributed by atoms with Crippen molar-refractivity contribution in [3.05, 3.63) is 0 Å². The van der Waals surface area contributed by atoms with E-state index in [1.54, 1.807) is 7.11 Å². The van der Waals surface area contributed by atoms with Gasteiger partial charge in [-0.1, -0.05) is 20.8 Å². The van der Waals surface area contributed by atoms with Crippen molar-refractivity contribution in [3.63, 3.8) is 0 Å². The molecule has 1 saturated heterocycles. The maximum absolute atomic E-state index is 5.85. The van der Waals surface area contributed by atoms with Gasteiger partial charge < -0.3 is 14.8 Å². The Hall–Kier alpha value is -0.120. The molecule has 16 heavy (non-hydrogen) atoms. The number of nitrogens with one attached hydrogen (secondary N) is 1. The Morgan fingerprint density at radius 2 is 2.12 bits per heavy atom. The van der Waals surface area contributed by atoms with Gasteiger partial charge in [0.15, 0.2) is 0 Å². The van der Waals surface area contributed by atoms with Crippen LogP contribution < -0.4 is 5.32 Å². The lowest BCUT2D eigenvalue weighted by molar-refractivity contribution is 0.00640. The largest absolute Gasteiger partial charge is 0.383 e. The van der Waals surface area contributed by atoms with E-state index >= 15 is 0 Å². The maximum Gasteiger partial charge on any atom is 0.0664 e. The smallest absolute Gasteiger partial charge is 0.0664 e. The van der Waals surface area contributed by atoms with Crippen molar-refractivity contribution in [3.8, 4) is 0 Å². The predicted molar refractivity (Wildman–Crippen MR) is 66.6 cm³/mol. The summed E-state index contributed by atoms with van der Waals surface area (Å²) in [5.74, 6) is 0.638. The molecule has 0 saturated carbocycles. The minimum atomic E-state index is 0.243. The highest BCUT2D eigenvalue weighted by Crippen LogP contribution is 2.34. The van der Waals surface area contributed by atoms with Gasteiger partial charge >= 0.3 is 0 Å². The summed E-state index contributed by atoms with van der Waals surface area (Å²) in [4.78, 5) is 0. The second kappa shape index (κ2) is 5.99. The van der Waals surface area contributed by atoms with Crippen LogP contribution in [-0.4, -0.2) is 39.0 Å². The maximum atomic E-state index is 5.85. The highest BCUT2D eigenvalue weighted by Gasteiger charge is 2.36. The van der Waals surface area contributed by atoms with Gasteiger partial charge in [-0.05, 0) is 18.8 Å². The second-order valence-corrected chi connectivity index (χ2v) is 5.97. The Morgan fingerprint density at radius 3 is 2.69 bits per heavy atom. The lowest BCUT2D eigenvalue weighted by Crippen LogP contribution is -2.40. The number of ether oxygens (including phenoxy) is 2. The van der Waals surface area contributed by atoms with Crippen LogP contribution in [0.2, 0.25) is 0 Å². The Bertz CT molecular complexity index is 201. The van der Waals surface area contributed by atoms with Crippen LogP contribution in [0.5, 0.6) is 0 Å². The molecule has 1 heterocycles. The Morgan fingerprint density at radius 1 is 1.44 bits per heavy atom. The van der Waals surface area contributed by atoms with E-state index in [9.17, 15) is 0 Å². The molecule has 0 spiro atoms. The highest BCUT2D eigenvalue weighted by atomic mass is 16.5. The number of hydrogen-bond acceptors (Lipinski definition) is 3. The van der Waals surface area contributed by atoms with Crippen molar-refractivity contribution in [2.45, 2.75) is 46.3 Å². The van der Waals surface area contributed by atoms with Gasteiger partial charge in [0.1, 0.15) is 0 Å². The Balaban J connectivity index is 2.36. The molecular formula is C13H27NO2. The van der Waals surface area contributed by atoms with Crippen molar-refractivity contribution in [2.75, 3.05) is 26.9 Å². The zero-order chi connectivity index (χ0) is 12.2. The fourth-order valence-electron chi connectivity index (χ4n) is 2.46. The molecule has 3 atom stereocenters. The summed E-state index contributed by atoms with van der Waals surface area (Å²) in [5, 5.41) is 3.52. The highest BCUT2D eigenvalue weighted by molar-refractivity contribution is 4.87. The third-order valence-electron chi connectivity index (χ3n) is 3.21. The molecule has 0 aliphatic carbocycles. The minimum absolute atomic E-state index is 0.243. The fraction of sp³-hybridized carbons (Fsp3) is 1.00. The second-order valence-electron chi connectivity index (χ2n) is 5.97. The summed E-state index contributed by atoms with van der Waals surface area (Å²) in [7, 11) is 1.74. The van der Waals surface area contributed by atoms with Crippen LogP contribution in [0.4, 0.5) is 0 Å². The summed E-state index contributed by atoms with van der Waals surface area (Å²) in [5.41, 5.74) is 0.243. The predicted octanol–water partition coefficient (Wildman–Crippen LogP) is 2.06. The molecule has 0 bridgehead atoms. The average molecular weight is 229 g/mol. The number of rotatable bonds is 5. The minimum Gasteiger partial charge on any atom is -0.383 e. The van der Waals surface area contributed by atoms with Crippen molar-refractivity contribution < 1.29 is 9.47 Å². The van der Waals surface area contributed by atoms with Crippen molar-refractivity contribution in [2.24, 2.45) is 11.3 Å². The van der Waals surface area contributed by atoms with E-state index in [4.69, 9.17) is 9.47 Å². The standard InChI is InChI=1S/C13H27NO2/c1-10(9-15-5)14-8-11-6-7-16-12(11)13(2,3)4/h10-12,14H,6-9H2,1-5H3/t10-,11-,12+/m1/s1. The van der Waals surface area contributed by atoms with E-state index in [1.807, 2.05) is 0 Å². The van der Waals surface area contributed by atoms with Gasteiger partial charge in [-0.3, -0.25) is 0 Å². The number of methoxy groups -OCH3 is 1. The third-order valence-corrected chi connectivity index (χ3v) is 3.21. The van der Waals surface area contributed by atoms with E-state index < -0.39 is 0 Å². The molecule has 0 aromatic carbocycles. The Labute approximate surface area is 99.9 Å². The van der Waals surface area contributed by atoms with Crippen LogP contribution in [0.1, 0.15) is 34.1 Å². The molecule has 0 amide bonds. The number of hydrogen-bond donors (Lipinski definition) is 1. The van der Waals surface area contributed by atoms with Crippen LogP contribution >= 0.6 is 0 Å². The summed E-state index contributed by atoms with van der Waals surface area (Å²) in [6.07, 6.45) is 1.56. The van der Waals surface area contributed by atoms with Gasteiger partial charge in [0, 0.05) is 32.2 Å². The molecule has 0 aromatic rings. The molecular weight excluding hydrogens is 202 g/mol. The molecule has 1 N–H and O–H groups in total. The average Bonchev–Trinajstić information content (AvgIpc) is 2.62. The Kier molecular flexibility index (Phi) is 5.22. The lowest BCUT2D eigenvalue weighted by Gasteiger charge is -2.31. The molecule has 3 heteroatoms. The monoisotopic (exact) mass is 229 g/mol. The lowest BCUT2D eigenvalue weighted by atomic mass is 9.81. The molecule has 1 fully saturated rings. The van der Waals surface area contributed by atoms with Crippen LogP contribution in [0.3, 0.4) is 0 Å². The molecule has 1 rings (SSSR count). The van der Waals surface area contributed by atoms with Gasteiger partial charge in [-0.25, -0.2) is 0 Å². The first-order valence-corrected chi connectivity index (χ1v) is 6.29. The fourth-order valence-corrected chi connectivity index (χ4v) is 2.46. The van der Waals surface area contributed by atoms with E-state index in [2.05, 4.69) is 33.0 Å². The molecule has 0 aromatic heterocycles. The van der Waals surface area contributed by atoms with Gasteiger partial charge in [0.05, 0.1) is 12.7 Å². The van der Waals surface area contributed by atoms with Gasteiger partial charge in [0.2, 0.25) is 0 Å². The zero-order valence-electron chi connectivity index (χ0n) is 11.4. The first kappa shape index (κ1) is 13.9. The third kappa shape index (κ3) is 4.04. The van der Waals surface area contributed by atoms with Crippen molar-refractivity contribution in [1.29, 1.82) is 0 Å². The zero-order valence-corrected chi connectivity index (χ0v) is 11.4. The summed E-state index contributed by atoms with van der Waals surface area (Å²) < 4.78 is 11.0. The first-order chi connectivity index (χ1) is 7.45. The molecule has 1 aliphatic rings. The van der Waals surface area contributed by atoms with Crippen LogP contribution in [0.25, 0.3) is 0 Å². The van der Waals surface area contributed by atoms with Crippen molar-refractivity contribution in [1.82, 2.24) is 5.32 Å². The summed E-state index contributed by atoms with van der Waals surface area (Å²) >= 11 is 0. The van der Waals surface area contributed by atoms with E-state index in [0.29, 0.717) is 18.1 Å². The molecule has 0 unspecified atom stereocenters. The molecule has 1 aliphatic heterocycles. The topological polar surface area (TPSA) is 30.5 Å². The summed E-state index contributed by atoms with van der Waals surface area (Å²) in [6, 6.07) is 0.422. The van der Waals surface area contributed by atoms with Crippen LogP contribution in [0.15, 0.2) is 0 Å². The molecule has 96 valence electrons. The van der Waals surface area contributed by atoms with Crippen molar-refractivity contribution >= 4 is 0 Å². The summed E-state index contributed by atoms with van der Waals surface area (Å²) in [6.45, 7) is 11.6. The SMILES string of the molecule is COC[C@@H](C)NC[C@H]1CCO[C@@H]1C(C)(C)C. The van der Waals surface area contributed by atoms with E-state index in [-0.39, 0.29) is 5.41 Å². The van der Waals surface area contributed by atoms with Crippen LogP contribution in [0, 0.1) is 11.3 Å². The van der Waals surface area contributed by atoms with Gasteiger partial charge in [-0.2, -0.15) is 0 Å². The van der Waals surface area contributed by atoms with Gasteiger partial charge in [0.25, 0.3) is 0 Å². The van der Waals surface area contributed by atoms with E-state index in [0.717, 1.165) is 19.8 Å².